The maximum absolute atomic E-state index is 14.0. The first kappa shape index (κ1) is 14.3. The minimum Gasteiger partial charge on any atom is -0.306 e. The van der Waals surface area contributed by atoms with Gasteiger partial charge in [0, 0.05) is 11.1 Å². The minimum atomic E-state index is -0.283. The maximum Gasteiger partial charge on any atom is 0.259 e. The quantitative estimate of drug-likeness (QED) is 0.596. The summed E-state index contributed by atoms with van der Waals surface area (Å²) in [7, 11) is 0. The Labute approximate surface area is 137 Å². The molecule has 0 aliphatic carbocycles. The minimum absolute atomic E-state index is 0.188. The Bertz CT molecular complexity index is 1100. The van der Waals surface area contributed by atoms with Gasteiger partial charge in [-0.15, -0.1) is 0 Å². The van der Waals surface area contributed by atoms with Crippen LogP contribution in [0.1, 0.15) is 0 Å². The van der Waals surface area contributed by atoms with Gasteiger partial charge in [-0.1, -0.05) is 48.5 Å². The highest BCUT2D eigenvalue weighted by Gasteiger charge is 2.08. The number of aromatic nitrogens is 2. The third-order valence-corrected chi connectivity index (χ3v) is 3.93. The van der Waals surface area contributed by atoms with E-state index in [-0.39, 0.29) is 11.4 Å². The lowest BCUT2D eigenvalue weighted by Gasteiger charge is -2.07. The standard InChI is InChI=1S/C20H13FN2O/c21-17-10-3-1-8-15(17)13-6-5-7-14(12-13)19-22-18-11-4-2-9-16(18)20(24)23-19/h1-12H,(H,22,23,24). The molecule has 0 unspecified atom stereocenters. The first-order valence-corrected chi connectivity index (χ1v) is 7.57. The van der Waals surface area contributed by atoms with Gasteiger partial charge in [-0.05, 0) is 29.8 Å². The average Bonchev–Trinajstić information content (AvgIpc) is 2.62. The van der Waals surface area contributed by atoms with Gasteiger partial charge in [0.2, 0.25) is 0 Å². The third-order valence-electron chi connectivity index (χ3n) is 3.93. The lowest BCUT2D eigenvalue weighted by molar-refractivity contribution is 0.631. The fourth-order valence-corrected chi connectivity index (χ4v) is 2.75. The summed E-state index contributed by atoms with van der Waals surface area (Å²) in [6.07, 6.45) is 0. The number of fused-ring (bicyclic) bond motifs is 1. The van der Waals surface area contributed by atoms with E-state index in [4.69, 9.17) is 0 Å². The SMILES string of the molecule is O=c1[nH]c(-c2cccc(-c3ccccc3F)c2)nc2ccccc12. The molecule has 4 aromatic rings. The highest BCUT2D eigenvalue weighted by molar-refractivity contribution is 5.80. The molecule has 3 nitrogen and oxygen atoms in total. The molecule has 4 heteroatoms. The number of hydrogen-bond acceptors (Lipinski definition) is 2. The molecule has 0 saturated carbocycles. The van der Waals surface area contributed by atoms with Gasteiger partial charge in [0.05, 0.1) is 10.9 Å². The topological polar surface area (TPSA) is 45.8 Å². The molecule has 0 bridgehead atoms. The monoisotopic (exact) mass is 316 g/mol. The molecule has 24 heavy (non-hydrogen) atoms. The van der Waals surface area contributed by atoms with E-state index in [1.807, 2.05) is 30.3 Å². The van der Waals surface area contributed by atoms with E-state index < -0.39 is 0 Å². The smallest absolute Gasteiger partial charge is 0.259 e. The fourth-order valence-electron chi connectivity index (χ4n) is 2.75. The third kappa shape index (κ3) is 2.48. The Morgan fingerprint density at radius 2 is 1.58 bits per heavy atom. The van der Waals surface area contributed by atoms with Crippen LogP contribution in [0, 0.1) is 5.82 Å². The van der Waals surface area contributed by atoms with Crippen LogP contribution in [0.4, 0.5) is 4.39 Å². The summed E-state index contributed by atoms with van der Waals surface area (Å²) >= 11 is 0. The van der Waals surface area contributed by atoms with Crippen molar-refractivity contribution in [3.05, 3.63) is 89.0 Å². The summed E-state index contributed by atoms with van der Waals surface area (Å²) in [5.74, 6) is 0.187. The maximum atomic E-state index is 14.0. The number of rotatable bonds is 2. The molecule has 1 N–H and O–H groups in total. The average molecular weight is 316 g/mol. The van der Waals surface area contributed by atoms with Crippen molar-refractivity contribution in [3.8, 4) is 22.5 Å². The molecule has 0 fully saturated rings. The molecule has 1 heterocycles. The fraction of sp³-hybridized carbons (Fsp3) is 0. The molecule has 0 aliphatic rings. The van der Waals surface area contributed by atoms with Crippen molar-refractivity contribution in [1.29, 1.82) is 0 Å². The van der Waals surface area contributed by atoms with E-state index >= 15 is 0 Å². The summed E-state index contributed by atoms with van der Waals surface area (Å²) in [5.41, 5.74) is 2.43. The van der Waals surface area contributed by atoms with Crippen LogP contribution in [0.15, 0.2) is 77.6 Å². The van der Waals surface area contributed by atoms with Crippen molar-refractivity contribution < 1.29 is 4.39 Å². The number of nitrogens with one attached hydrogen (secondary N) is 1. The molecular formula is C20H13FN2O. The Hall–Kier alpha value is -3.27. The number of nitrogens with zero attached hydrogens (tertiary/aromatic N) is 1. The van der Waals surface area contributed by atoms with Crippen LogP contribution in [0.2, 0.25) is 0 Å². The second-order valence-corrected chi connectivity index (χ2v) is 5.49. The van der Waals surface area contributed by atoms with Crippen molar-refractivity contribution in [1.82, 2.24) is 9.97 Å². The second kappa shape index (κ2) is 5.74. The number of hydrogen-bond donors (Lipinski definition) is 1. The number of aromatic amines is 1. The number of para-hydroxylation sites is 1. The highest BCUT2D eigenvalue weighted by atomic mass is 19.1. The van der Waals surface area contributed by atoms with Gasteiger partial charge in [-0.25, -0.2) is 9.37 Å². The first-order chi connectivity index (χ1) is 11.7. The van der Waals surface area contributed by atoms with Gasteiger partial charge in [0.25, 0.3) is 5.56 Å². The van der Waals surface area contributed by atoms with E-state index in [0.29, 0.717) is 22.3 Å². The molecule has 0 radical (unpaired) electrons. The van der Waals surface area contributed by atoms with E-state index in [1.165, 1.54) is 6.07 Å². The Kier molecular flexibility index (Phi) is 3.43. The van der Waals surface area contributed by atoms with Crippen LogP contribution in [-0.4, -0.2) is 9.97 Å². The largest absolute Gasteiger partial charge is 0.306 e. The summed E-state index contributed by atoms with van der Waals surface area (Å²) in [6, 6.07) is 21.1. The first-order valence-electron chi connectivity index (χ1n) is 7.57. The molecule has 1 aromatic heterocycles. The Balaban J connectivity index is 1.88. The summed E-state index contributed by atoms with van der Waals surface area (Å²) < 4.78 is 14.0. The molecule has 116 valence electrons. The van der Waals surface area contributed by atoms with E-state index in [1.54, 1.807) is 36.4 Å². The molecule has 0 atom stereocenters. The number of H-pyrrole nitrogens is 1. The Morgan fingerprint density at radius 1 is 0.833 bits per heavy atom. The summed E-state index contributed by atoms with van der Waals surface area (Å²) in [5, 5.41) is 0.548. The van der Waals surface area contributed by atoms with Gasteiger partial charge < -0.3 is 4.98 Å². The molecule has 0 aliphatic heterocycles. The van der Waals surface area contributed by atoms with Crippen molar-refractivity contribution in [2.24, 2.45) is 0 Å². The van der Waals surface area contributed by atoms with Crippen molar-refractivity contribution in [3.63, 3.8) is 0 Å². The molecule has 0 saturated heterocycles. The van der Waals surface area contributed by atoms with Crippen LogP contribution in [0.25, 0.3) is 33.4 Å². The van der Waals surface area contributed by atoms with Crippen molar-refractivity contribution in [2.45, 2.75) is 0 Å². The van der Waals surface area contributed by atoms with Gasteiger partial charge in [0.15, 0.2) is 0 Å². The van der Waals surface area contributed by atoms with E-state index in [0.717, 1.165) is 11.1 Å². The summed E-state index contributed by atoms with van der Waals surface area (Å²) in [6.45, 7) is 0. The van der Waals surface area contributed by atoms with Crippen LogP contribution in [0.3, 0.4) is 0 Å². The lowest BCUT2D eigenvalue weighted by Crippen LogP contribution is -2.09. The zero-order chi connectivity index (χ0) is 16.5. The molecule has 0 spiro atoms. The van der Waals surface area contributed by atoms with E-state index in [9.17, 15) is 9.18 Å². The van der Waals surface area contributed by atoms with Crippen molar-refractivity contribution >= 4 is 10.9 Å². The Morgan fingerprint density at radius 3 is 2.46 bits per heavy atom. The highest BCUT2D eigenvalue weighted by Crippen LogP contribution is 2.26. The zero-order valence-electron chi connectivity index (χ0n) is 12.7. The van der Waals surface area contributed by atoms with Gasteiger partial charge in [0.1, 0.15) is 11.6 Å². The van der Waals surface area contributed by atoms with Crippen LogP contribution in [-0.2, 0) is 0 Å². The van der Waals surface area contributed by atoms with Crippen molar-refractivity contribution in [2.75, 3.05) is 0 Å². The normalized spacial score (nSPS) is 10.9. The zero-order valence-corrected chi connectivity index (χ0v) is 12.7. The van der Waals surface area contributed by atoms with Crippen LogP contribution < -0.4 is 5.56 Å². The molecular weight excluding hydrogens is 303 g/mol. The molecule has 0 amide bonds. The van der Waals surface area contributed by atoms with Crippen LogP contribution in [0.5, 0.6) is 0 Å². The molecule has 4 rings (SSSR count). The lowest BCUT2D eigenvalue weighted by atomic mass is 10.0. The predicted octanol–water partition coefficient (Wildman–Crippen LogP) is 4.40. The van der Waals surface area contributed by atoms with Gasteiger partial charge in [-0.2, -0.15) is 0 Å². The van der Waals surface area contributed by atoms with E-state index in [2.05, 4.69) is 9.97 Å². The number of halogens is 1. The molecule has 3 aromatic carbocycles. The van der Waals surface area contributed by atoms with Gasteiger partial charge in [-0.3, -0.25) is 4.79 Å². The van der Waals surface area contributed by atoms with Gasteiger partial charge >= 0.3 is 0 Å². The summed E-state index contributed by atoms with van der Waals surface area (Å²) in [4.78, 5) is 19.5. The predicted molar refractivity (Wildman–Crippen MR) is 93.2 cm³/mol. The van der Waals surface area contributed by atoms with Crippen LogP contribution >= 0.6 is 0 Å². The second-order valence-electron chi connectivity index (χ2n) is 5.49. The number of benzene rings is 3.